The van der Waals surface area contributed by atoms with E-state index < -0.39 is 0 Å². The molecule has 1 aromatic heterocycles. The average molecular weight is 192 g/mol. The Bertz CT molecular complexity index is 420. The molecule has 0 unspecified atom stereocenters. The van der Waals surface area contributed by atoms with E-state index in [-0.39, 0.29) is 0 Å². The van der Waals surface area contributed by atoms with Crippen molar-refractivity contribution in [3.63, 3.8) is 0 Å². The predicted molar refractivity (Wildman–Crippen MR) is 57.6 cm³/mol. The van der Waals surface area contributed by atoms with Gasteiger partial charge in [-0.15, -0.1) is 11.3 Å². The van der Waals surface area contributed by atoms with E-state index in [2.05, 4.69) is 18.2 Å². The van der Waals surface area contributed by atoms with Crippen molar-refractivity contribution in [3.05, 3.63) is 34.7 Å². The minimum atomic E-state index is 0.599. The standard InChI is InChI=1S/C10H12N2S/c11-5-8-3-1-2-7-4-9(6-12)13-10(7)8/h1-4H,5-6,11-12H2. The number of rotatable bonds is 2. The van der Waals surface area contributed by atoms with Crippen molar-refractivity contribution in [2.75, 3.05) is 0 Å². The molecule has 2 aromatic rings. The molecule has 0 saturated carbocycles. The predicted octanol–water partition coefficient (Wildman–Crippen LogP) is 1.82. The lowest BCUT2D eigenvalue weighted by molar-refractivity contribution is 1.09. The van der Waals surface area contributed by atoms with E-state index in [0.717, 1.165) is 0 Å². The SMILES string of the molecule is NCc1cc2cccc(CN)c2s1. The lowest BCUT2D eigenvalue weighted by Crippen LogP contribution is -1.95. The number of benzene rings is 1. The maximum atomic E-state index is 5.64. The van der Waals surface area contributed by atoms with E-state index in [9.17, 15) is 0 Å². The van der Waals surface area contributed by atoms with Gasteiger partial charge in [0.1, 0.15) is 0 Å². The fourth-order valence-corrected chi connectivity index (χ4v) is 2.50. The van der Waals surface area contributed by atoms with Gasteiger partial charge in [-0.2, -0.15) is 0 Å². The van der Waals surface area contributed by atoms with E-state index in [4.69, 9.17) is 11.5 Å². The molecule has 0 amide bonds. The van der Waals surface area contributed by atoms with Crippen LogP contribution in [-0.4, -0.2) is 0 Å². The highest BCUT2D eigenvalue weighted by molar-refractivity contribution is 7.19. The van der Waals surface area contributed by atoms with Crippen LogP contribution in [0, 0.1) is 0 Å². The molecule has 0 aliphatic heterocycles. The van der Waals surface area contributed by atoms with E-state index in [0.29, 0.717) is 13.1 Å². The Morgan fingerprint density at radius 2 is 2.00 bits per heavy atom. The third-order valence-corrected chi connectivity index (χ3v) is 3.35. The minimum Gasteiger partial charge on any atom is -0.326 e. The van der Waals surface area contributed by atoms with Crippen LogP contribution in [0.15, 0.2) is 24.3 Å². The Kier molecular flexibility index (Phi) is 2.31. The molecule has 1 heterocycles. The van der Waals surface area contributed by atoms with Gasteiger partial charge in [0.25, 0.3) is 0 Å². The van der Waals surface area contributed by atoms with E-state index in [1.807, 2.05) is 6.07 Å². The first-order valence-electron chi connectivity index (χ1n) is 4.25. The number of hydrogen-bond donors (Lipinski definition) is 2. The Labute approximate surface area is 81.2 Å². The van der Waals surface area contributed by atoms with E-state index >= 15 is 0 Å². The first kappa shape index (κ1) is 8.69. The smallest absolute Gasteiger partial charge is 0.0391 e. The Morgan fingerprint density at radius 3 is 2.69 bits per heavy atom. The molecule has 0 spiro atoms. The molecule has 3 heteroatoms. The van der Waals surface area contributed by atoms with Crippen LogP contribution in [0.25, 0.3) is 10.1 Å². The summed E-state index contributed by atoms with van der Waals surface area (Å²) in [5, 5.41) is 1.26. The topological polar surface area (TPSA) is 52.0 Å². The molecule has 0 saturated heterocycles. The second-order valence-electron chi connectivity index (χ2n) is 2.96. The van der Waals surface area contributed by atoms with Crippen LogP contribution in [0.3, 0.4) is 0 Å². The highest BCUT2D eigenvalue weighted by Crippen LogP contribution is 2.28. The molecular formula is C10H12N2S. The minimum absolute atomic E-state index is 0.599. The first-order valence-corrected chi connectivity index (χ1v) is 5.07. The zero-order valence-corrected chi connectivity index (χ0v) is 8.10. The normalized spacial score (nSPS) is 10.9. The van der Waals surface area contributed by atoms with Crippen molar-refractivity contribution in [1.82, 2.24) is 0 Å². The fourth-order valence-electron chi connectivity index (χ4n) is 1.44. The van der Waals surface area contributed by atoms with Crippen LogP contribution in [-0.2, 0) is 13.1 Å². The number of nitrogens with two attached hydrogens (primary N) is 2. The average Bonchev–Trinajstić information content (AvgIpc) is 2.59. The quantitative estimate of drug-likeness (QED) is 0.762. The largest absolute Gasteiger partial charge is 0.326 e. The molecule has 0 atom stereocenters. The van der Waals surface area contributed by atoms with Gasteiger partial charge in [0.15, 0.2) is 0 Å². The monoisotopic (exact) mass is 192 g/mol. The van der Waals surface area contributed by atoms with Gasteiger partial charge in [0, 0.05) is 22.7 Å². The van der Waals surface area contributed by atoms with Gasteiger partial charge < -0.3 is 11.5 Å². The summed E-state index contributed by atoms with van der Waals surface area (Å²) in [7, 11) is 0. The van der Waals surface area contributed by atoms with Crippen LogP contribution in [0.4, 0.5) is 0 Å². The number of fused-ring (bicyclic) bond motifs is 1. The van der Waals surface area contributed by atoms with Crippen molar-refractivity contribution < 1.29 is 0 Å². The van der Waals surface area contributed by atoms with Crippen LogP contribution < -0.4 is 11.5 Å². The van der Waals surface area contributed by atoms with Gasteiger partial charge in [0.2, 0.25) is 0 Å². The van der Waals surface area contributed by atoms with Crippen LogP contribution in [0.5, 0.6) is 0 Å². The zero-order valence-electron chi connectivity index (χ0n) is 7.29. The van der Waals surface area contributed by atoms with Crippen molar-refractivity contribution in [2.45, 2.75) is 13.1 Å². The Hall–Kier alpha value is -0.900. The van der Waals surface area contributed by atoms with Crippen molar-refractivity contribution in [3.8, 4) is 0 Å². The van der Waals surface area contributed by atoms with Gasteiger partial charge >= 0.3 is 0 Å². The Balaban J connectivity index is 2.67. The lowest BCUT2D eigenvalue weighted by atomic mass is 10.1. The highest BCUT2D eigenvalue weighted by atomic mass is 32.1. The molecule has 4 N–H and O–H groups in total. The van der Waals surface area contributed by atoms with Gasteiger partial charge in [-0.25, -0.2) is 0 Å². The van der Waals surface area contributed by atoms with Gasteiger partial charge in [0.05, 0.1) is 0 Å². The molecule has 0 aliphatic carbocycles. The molecule has 0 fully saturated rings. The fraction of sp³-hybridized carbons (Fsp3) is 0.200. The van der Waals surface area contributed by atoms with Crippen molar-refractivity contribution >= 4 is 21.4 Å². The molecule has 2 nitrogen and oxygen atoms in total. The summed E-state index contributed by atoms with van der Waals surface area (Å²) >= 11 is 1.74. The van der Waals surface area contributed by atoms with Gasteiger partial charge in [-0.3, -0.25) is 0 Å². The number of thiophene rings is 1. The molecule has 2 rings (SSSR count). The Morgan fingerprint density at radius 1 is 1.15 bits per heavy atom. The van der Waals surface area contributed by atoms with Crippen molar-refractivity contribution in [2.24, 2.45) is 11.5 Å². The molecule has 68 valence electrons. The van der Waals surface area contributed by atoms with Gasteiger partial charge in [-0.1, -0.05) is 18.2 Å². The molecular weight excluding hydrogens is 180 g/mol. The summed E-state index contributed by atoms with van der Waals surface area (Å²) in [5.41, 5.74) is 12.4. The summed E-state index contributed by atoms with van der Waals surface area (Å²) in [4.78, 5) is 1.22. The maximum Gasteiger partial charge on any atom is 0.0391 e. The third-order valence-electron chi connectivity index (χ3n) is 2.10. The molecule has 1 aromatic carbocycles. The summed E-state index contributed by atoms with van der Waals surface area (Å²) in [6.07, 6.45) is 0. The summed E-state index contributed by atoms with van der Waals surface area (Å²) < 4.78 is 1.28. The van der Waals surface area contributed by atoms with Crippen LogP contribution in [0.1, 0.15) is 10.4 Å². The highest BCUT2D eigenvalue weighted by Gasteiger charge is 2.03. The summed E-state index contributed by atoms with van der Waals surface area (Å²) in [5.74, 6) is 0. The summed E-state index contributed by atoms with van der Waals surface area (Å²) in [6.45, 7) is 1.21. The zero-order chi connectivity index (χ0) is 9.26. The molecule has 0 radical (unpaired) electrons. The molecule has 0 aliphatic rings. The lowest BCUT2D eigenvalue weighted by Gasteiger charge is -1.96. The summed E-state index contributed by atoms with van der Waals surface area (Å²) in [6, 6.07) is 8.35. The van der Waals surface area contributed by atoms with E-state index in [1.165, 1.54) is 20.5 Å². The second-order valence-corrected chi connectivity index (χ2v) is 4.09. The molecule has 0 bridgehead atoms. The van der Waals surface area contributed by atoms with E-state index in [1.54, 1.807) is 11.3 Å². The van der Waals surface area contributed by atoms with Crippen molar-refractivity contribution in [1.29, 1.82) is 0 Å². The number of hydrogen-bond acceptors (Lipinski definition) is 3. The molecule has 13 heavy (non-hydrogen) atoms. The third kappa shape index (κ3) is 1.46. The van der Waals surface area contributed by atoms with Crippen LogP contribution in [0.2, 0.25) is 0 Å². The van der Waals surface area contributed by atoms with Gasteiger partial charge in [-0.05, 0) is 17.0 Å². The van der Waals surface area contributed by atoms with Crippen LogP contribution >= 0.6 is 11.3 Å². The first-order chi connectivity index (χ1) is 6.35. The second kappa shape index (κ2) is 3.46. The maximum absolute atomic E-state index is 5.64.